The Kier molecular flexibility index (Phi) is 3.87. The molecule has 1 amide bonds. The van der Waals surface area contributed by atoms with E-state index in [4.69, 9.17) is 17.3 Å². The zero-order valence-corrected chi connectivity index (χ0v) is 9.86. The monoisotopic (exact) mass is 284 g/mol. The first-order valence-corrected chi connectivity index (χ1v) is 5.05. The quantitative estimate of drug-likeness (QED) is 0.821. The lowest BCUT2D eigenvalue weighted by molar-refractivity contribution is -0.184. The fourth-order valence-corrected chi connectivity index (χ4v) is 1.19. The minimum atomic E-state index is -4.91. The second-order valence-electron chi connectivity index (χ2n) is 3.78. The van der Waals surface area contributed by atoms with E-state index in [0.717, 1.165) is 18.2 Å². The Bertz CT molecular complexity index is 473. The number of anilines is 1. The molecule has 0 heterocycles. The normalized spacial score (nSPS) is 15.1. The summed E-state index contributed by atoms with van der Waals surface area (Å²) in [7, 11) is 0. The lowest BCUT2D eigenvalue weighted by atomic mass is 10.0. The number of nitrogens with two attached hydrogens (primary N) is 1. The molecule has 0 radical (unpaired) electrons. The Morgan fingerprint density at radius 1 is 1.39 bits per heavy atom. The number of rotatable bonds is 2. The summed E-state index contributed by atoms with van der Waals surface area (Å²) >= 11 is 5.56. The largest absolute Gasteiger partial charge is 0.415 e. The first-order valence-electron chi connectivity index (χ1n) is 4.68. The van der Waals surface area contributed by atoms with Crippen LogP contribution in [0.15, 0.2) is 18.2 Å². The molecule has 0 fully saturated rings. The third kappa shape index (κ3) is 2.91. The van der Waals surface area contributed by atoms with Crippen molar-refractivity contribution in [2.24, 2.45) is 5.73 Å². The lowest BCUT2D eigenvalue weighted by Gasteiger charge is -2.26. The van der Waals surface area contributed by atoms with Crippen LogP contribution in [-0.4, -0.2) is 17.6 Å². The maximum Gasteiger partial charge on any atom is 0.415 e. The molecule has 1 atom stereocenters. The molecule has 0 aliphatic rings. The van der Waals surface area contributed by atoms with Crippen molar-refractivity contribution in [3.05, 3.63) is 29.0 Å². The number of halogens is 5. The van der Waals surface area contributed by atoms with E-state index in [2.05, 4.69) is 0 Å². The SMILES string of the molecule is CC(N)(C(=O)Nc1ccc(F)cc1Cl)C(F)(F)F. The van der Waals surface area contributed by atoms with Gasteiger partial charge < -0.3 is 11.1 Å². The Hall–Kier alpha value is -1.34. The van der Waals surface area contributed by atoms with Crippen LogP contribution in [0.1, 0.15) is 6.92 Å². The molecule has 1 aromatic carbocycles. The van der Waals surface area contributed by atoms with Crippen LogP contribution in [0.25, 0.3) is 0 Å². The van der Waals surface area contributed by atoms with Crippen LogP contribution in [0.3, 0.4) is 0 Å². The molecule has 18 heavy (non-hydrogen) atoms. The Morgan fingerprint density at radius 3 is 2.39 bits per heavy atom. The summed E-state index contributed by atoms with van der Waals surface area (Å²) in [6.45, 7) is 0.528. The van der Waals surface area contributed by atoms with Gasteiger partial charge in [0.05, 0.1) is 10.7 Å². The van der Waals surface area contributed by atoms with Crippen molar-refractivity contribution in [3.8, 4) is 0 Å². The Labute approximate surface area is 105 Å². The Balaban J connectivity index is 2.95. The van der Waals surface area contributed by atoms with Gasteiger partial charge >= 0.3 is 6.18 Å². The van der Waals surface area contributed by atoms with Gasteiger partial charge in [-0.3, -0.25) is 4.79 Å². The molecular weight excluding hydrogens is 276 g/mol. The maximum atomic E-state index is 12.7. The molecule has 0 aromatic heterocycles. The van der Waals surface area contributed by atoms with Crippen LogP contribution in [0.5, 0.6) is 0 Å². The predicted molar refractivity (Wildman–Crippen MR) is 58.7 cm³/mol. The van der Waals surface area contributed by atoms with E-state index in [9.17, 15) is 22.4 Å². The zero-order valence-electron chi connectivity index (χ0n) is 9.11. The molecule has 0 saturated heterocycles. The highest BCUT2D eigenvalue weighted by atomic mass is 35.5. The van der Waals surface area contributed by atoms with E-state index in [1.165, 1.54) is 0 Å². The third-order valence-corrected chi connectivity index (χ3v) is 2.55. The Morgan fingerprint density at radius 2 is 1.94 bits per heavy atom. The summed E-state index contributed by atoms with van der Waals surface area (Å²) in [6.07, 6.45) is -4.91. The fraction of sp³-hybridized carbons (Fsp3) is 0.300. The highest BCUT2D eigenvalue weighted by Crippen LogP contribution is 2.30. The van der Waals surface area contributed by atoms with Gasteiger partial charge in [0.25, 0.3) is 5.91 Å². The highest BCUT2D eigenvalue weighted by molar-refractivity contribution is 6.33. The number of hydrogen-bond donors (Lipinski definition) is 2. The predicted octanol–water partition coefficient (Wildman–Crippen LogP) is 2.70. The number of amides is 1. The number of alkyl halides is 3. The van der Waals surface area contributed by atoms with Crippen LogP contribution in [-0.2, 0) is 4.79 Å². The molecular formula is C10H9ClF4N2O. The van der Waals surface area contributed by atoms with Gasteiger partial charge in [-0.05, 0) is 25.1 Å². The standard InChI is InChI=1S/C10H9ClF4N2O/c1-9(16,10(13,14)15)8(18)17-7-3-2-5(12)4-6(7)11/h2-4H,16H2,1H3,(H,17,18). The summed E-state index contributed by atoms with van der Waals surface area (Å²) in [5, 5.41) is 1.68. The van der Waals surface area contributed by atoms with Crippen LogP contribution in [0.2, 0.25) is 5.02 Å². The van der Waals surface area contributed by atoms with E-state index >= 15 is 0 Å². The number of carbonyl (C=O) groups excluding carboxylic acids is 1. The minimum absolute atomic E-state index is 0.149. The summed E-state index contributed by atoms with van der Waals surface area (Å²) < 4.78 is 50.1. The highest BCUT2D eigenvalue weighted by Gasteiger charge is 2.54. The van der Waals surface area contributed by atoms with E-state index in [1.54, 1.807) is 0 Å². The molecule has 1 rings (SSSR count). The van der Waals surface area contributed by atoms with Gasteiger partial charge in [0.1, 0.15) is 5.82 Å². The molecule has 3 N–H and O–H groups in total. The second-order valence-corrected chi connectivity index (χ2v) is 4.19. The van der Waals surface area contributed by atoms with Gasteiger partial charge in [-0.25, -0.2) is 4.39 Å². The summed E-state index contributed by atoms with van der Waals surface area (Å²) in [5.41, 5.74) is 1.70. The molecule has 0 spiro atoms. The number of benzene rings is 1. The van der Waals surface area contributed by atoms with E-state index in [0.29, 0.717) is 6.92 Å². The number of carbonyl (C=O) groups is 1. The molecule has 0 bridgehead atoms. The van der Waals surface area contributed by atoms with Crippen molar-refractivity contribution >= 4 is 23.2 Å². The molecule has 0 aliphatic carbocycles. The molecule has 1 unspecified atom stereocenters. The van der Waals surface area contributed by atoms with Gasteiger partial charge in [0.2, 0.25) is 0 Å². The molecule has 0 aliphatic heterocycles. The molecule has 1 aromatic rings. The zero-order chi connectivity index (χ0) is 14.1. The van der Waals surface area contributed by atoms with Crippen molar-refractivity contribution in [1.29, 1.82) is 0 Å². The summed E-state index contributed by atoms with van der Waals surface area (Å²) in [6, 6.07) is 2.85. The summed E-state index contributed by atoms with van der Waals surface area (Å²) in [5.74, 6) is -2.16. The third-order valence-electron chi connectivity index (χ3n) is 2.24. The van der Waals surface area contributed by atoms with Crippen molar-refractivity contribution < 1.29 is 22.4 Å². The van der Waals surface area contributed by atoms with E-state index < -0.39 is 23.4 Å². The topological polar surface area (TPSA) is 55.1 Å². The molecule has 100 valence electrons. The first kappa shape index (κ1) is 14.7. The van der Waals surface area contributed by atoms with Gasteiger partial charge in [-0.2, -0.15) is 13.2 Å². The van der Waals surface area contributed by atoms with Gasteiger partial charge in [0.15, 0.2) is 5.54 Å². The fourth-order valence-electron chi connectivity index (χ4n) is 0.972. The second kappa shape index (κ2) is 4.74. The van der Waals surface area contributed by atoms with Crippen LogP contribution in [0, 0.1) is 5.82 Å². The van der Waals surface area contributed by atoms with Crippen molar-refractivity contribution in [1.82, 2.24) is 0 Å². The van der Waals surface area contributed by atoms with Crippen molar-refractivity contribution in [2.75, 3.05) is 5.32 Å². The van der Waals surface area contributed by atoms with Crippen LogP contribution >= 0.6 is 11.6 Å². The van der Waals surface area contributed by atoms with Gasteiger partial charge in [0, 0.05) is 0 Å². The number of nitrogens with one attached hydrogen (secondary N) is 1. The molecule has 8 heteroatoms. The van der Waals surface area contributed by atoms with Crippen molar-refractivity contribution in [2.45, 2.75) is 18.6 Å². The smallest absolute Gasteiger partial charge is 0.323 e. The van der Waals surface area contributed by atoms with Gasteiger partial charge in [-0.15, -0.1) is 0 Å². The van der Waals surface area contributed by atoms with Crippen LogP contribution in [0.4, 0.5) is 23.2 Å². The molecule has 0 saturated carbocycles. The maximum absolute atomic E-state index is 12.7. The average molecular weight is 285 g/mol. The van der Waals surface area contributed by atoms with Gasteiger partial charge in [-0.1, -0.05) is 11.6 Å². The average Bonchev–Trinajstić information content (AvgIpc) is 2.20. The molecule has 3 nitrogen and oxygen atoms in total. The minimum Gasteiger partial charge on any atom is -0.323 e. The van der Waals surface area contributed by atoms with E-state index in [1.807, 2.05) is 5.32 Å². The first-order chi connectivity index (χ1) is 8.05. The van der Waals surface area contributed by atoms with Crippen molar-refractivity contribution in [3.63, 3.8) is 0 Å². The number of hydrogen-bond acceptors (Lipinski definition) is 2. The van der Waals surface area contributed by atoms with E-state index in [-0.39, 0.29) is 10.7 Å². The summed E-state index contributed by atoms with van der Waals surface area (Å²) in [4.78, 5) is 11.4. The van der Waals surface area contributed by atoms with Crippen LogP contribution < -0.4 is 11.1 Å². The lowest BCUT2D eigenvalue weighted by Crippen LogP contribution is -2.59.